The summed E-state index contributed by atoms with van der Waals surface area (Å²) < 4.78 is 33.1. The van der Waals surface area contributed by atoms with Crippen LogP contribution < -0.4 is 5.32 Å². The minimum atomic E-state index is -3.94. The Hall–Kier alpha value is -2.81. The van der Waals surface area contributed by atoms with E-state index in [1.54, 1.807) is 42.7 Å². The van der Waals surface area contributed by atoms with Crippen LogP contribution in [0.25, 0.3) is 10.8 Å². The topological polar surface area (TPSA) is 88.6 Å². The van der Waals surface area contributed by atoms with Crippen molar-refractivity contribution >= 4 is 32.4 Å². The molecule has 1 N–H and O–H groups in total. The fraction of sp³-hybridized carbons (Fsp3) is 0.273. The van der Waals surface area contributed by atoms with Crippen LogP contribution in [0.2, 0.25) is 0 Å². The van der Waals surface area contributed by atoms with Gasteiger partial charge in [-0.25, -0.2) is 8.42 Å². The summed E-state index contributed by atoms with van der Waals surface area (Å²) in [5, 5.41) is 4.10. The summed E-state index contributed by atoms with van der Waals surface area (Å²) in [7, 11) is -2.45. The summed E-state index contributed by atoms with van der Waals surface area (Å²) in [6, 6.07) is 12.3. The first kappa shape index (κ1) is 21.9. The molecule has 7 nitrogen and oxygen atoms in total. The summed E-state index contributed by atoms with van der Waals surface area (Å²) in [6.07, 6.45) is 3.16. The Balaban J connectivity index is 1.91. The quantitative estimate of drug-likeness (QED) is 0.597. The number of fused-ring (bicyclic) bond motifs is 1. The summed E-state index contributed by atoms with van der Waals surface area (Å²) in [6.45, 7) is 3.77. The van der Waals surface area contributed by atoms with Crippen LogP contribution in [0.3, 0.4) is 0 Å². The molecule has 2 aromatic carbocycles. The highest BCUT2D eigenvalue weighted by atomic mass is 32.2. The van der Waals surface area contributed by atoms with E-state index in [2.05, 4.69) is 10.3 Å². The second-order valence-corrected chi connectivity index (χ2v) is 8.89. The first-order valence-electron chi connectivity index (χ1n) is 9.52. The van der Waals surface area contributed by atoms with E-state index in [9.17, 15) is 13.2 Å². The van der Waals surface area contributed by atoms with Gasteiger partial charge in [0.05, 0.1) is 18.0 Å². The Morgan fingerprint density at radius 3 is 2.67 bits per heavy atom. The zero-order chi connectivity index (χ0) is 21.7. The molecule has 1 heterocycles. The number of amides is 1. The molecule has 0 spiro atoms. The summed E-state index contributed by atoms with van der Waals surface area (Å²) in [4.78, 5) is 16.9. The van der Waals surface area contributed by atoms with Gasteiger partial charge < -0.3 is 10.1 Å². The lowest BCUT2D eigenvalue weighted by molar-refractivity contribution is -0.116. The van der Waals surface area contributed by atoms with Gasteiger partial charge in [-0.05, 0) is 43.2 Å². The summed E-state index contributed by atoms with van der Waals surface area (Å²) >= 11 is 0. The number of sulfonamides is 1. The molecule has 30 heavy (non-hydrogen) atoms. The normalized spacial score (nSPS) is 11.7. The second-order valence-electron chi connectivity index (χ2n) is 6.98. The molecule has 1 amide bonds. The van der Waals surface area contributed by atoms with E-state index in [-0.39, 0.29) is 24.6 Å². The first-order chi connectivity index (χ1) is 14.3. The van der Waals surface area contributed by atoms with Gasteiger partial charge in [-0.3, -0.25) is 9.78 Å². The summed E-state index contributed by atoms with van der Waals surface area (Å²) in [5.74, 6) is -0.412. The molecule has 0 saturated carbocycles. The molecular weight excluding hydrogens is 402 g/mol. The molecular formula is C22H25N3O4S. The molecule has 0 aliphatic carbocycles. The highest BCUT2D eigenvalue weighted by molar-refractivity contribution is 7.89. The van der Waals surface area contributed by atoms with Crippen molar-refractivity contribution in [2.24, 2.45) is 0 Å². The van der Waals surface area contributed by atoms with Crippen LogP contribution in [0.4, 0.5) is 5.69 Å². The molecule has 0 unspecified atom stereocenters. The summed E-state index contributed by atoms with van der Waals surface area (Å²) in [5.41, 5.74) is 2.65. The van der Waals surface area contributed by atoms with Crippen LogP contribution in [-0.2, 0) is 19.6 Å². The van der Waals surface area contributed by atoms with E-state index in [4.69, 9.17) is 4.74 Å². The van der Waals surface area contributed by atoms with Crippen molar-refractivity contribution in [1.29, 1.82) is 0 Å². The van der Waals surface area contributed by atoms with Gasteiger partial charge in [0, 0.05) is 42.5 Å². The Labute approximate surface area is 176 Å². The third kappa shape index (κ3) is 4.67. The molecule has 0 fully saturated rings. The van der Waals surface area contributed by atoms with E-state index in [0.717, 1.165) is 15.4 Å². The third-order valence-corrected chi connectivity index (χ3v) is 6.91. The van der Waals surface area contributed by atoms with Crippen LogP contribution in [0.5, 0.6) is 0 Å². The number of nitrogens with zero attached hydrogens (tertiary/aromatic N) is 2. The van der Waals surface area contributed by atoms with E-state index < -0.39 is 15.9 Å². The van der Waals surface area contributed by atoms with Gasteiger partial charge in [0.15, 0.2) is 0 Å². The number of hydrogen-bond donors (Lipinski definition) is 1. The van der Waals surface area contributed by atoms with Gasteiger partial charge in [-0.1, -0.05) is 24.3 Å². The van der Waals surface area contributed by atoms with Gasteiger partial charge in [0.1, 0.15) is 0 Å². The maximum atomic E-state index is 13.4. The molecule has 3 rings (SSSR count). The number of rotatable bonds is 8. The third-order valence-electron chi connectivity index (χ3n) is 5.00. The minimum Gasteiger partial charge on any atom is -0.383 e. The molecule has 158 valence electrons. The smallest absolute Gasteiger partial charge is 0.244 e. The Bertz CT molecular complexity index is 1160. The fourth-order valence-corrected chi connectivity index (χ4v) is 4.77. The highest BCUT2D eigenvalue weighted by Gasteiger charge is 2.28. The number of carbonyl (C=O) groups excluding carboxylic acids is 1. The number of ether oxygens (including phenoxy) is 1. The average Bonchev–Trinajstić information content (AvgIpc) is 2.73. The largest absolute Gasteiger partial charge is 0.383 e. The first-order valence-corrected chi connectivity index (χ1v) is 11.0. The Morgan fingerprint density at radius 2 is 1.90 bits per heavy atom. The zero-order valence-corrected chi connectivity index (χ0v) is 18.1. The van der Waals surface area contributed by atoms with Crippen molar-refractivity contribution in [3.63, 3.8) is 0 Å². The van der Waals surface area contributed by atoms with Crippen LogP contribution >= 0.6 is 0 Å². The fourth-order valence-electron chi connectivity index (χ4n) is 3.17. The Kier molecular flexibility index (Phi) is 6.81. The number of anilines is 1. The maximum Gasteiger partial charge on any atom is 0.244 e. The van der Waals surface area contributed by atoms with Crippen LogP contribution in [0.15, 0.2) is 59.8 Å². The molecule has 8 heteroatoms. The zero-order valence-electron chi connectivity index (χ0n) is 17.3. The van der Waals surface area contributed by atoms with E-state index in [1.807, 2.05) is 26.0 Å². The minimum absolute atomic E-state index is 0.0561. The van der Waals surface area contributed by atoms with E-state index >= 15 is 0 Å². The standard InChI is InChI=1S/C22H25N3O4S/c1-16-6-4-8-20(17(16)2)24-22(26)15-25(12-13-29-3)30(27,28)21-9-5-7-18-14-23-11-10-19(18)21/h4-11,14H,12-13,15H2,1-3H3,(H,24,26). The number of pyridine rings is 1. The predicted octanol–water partition coefficient (Wildman–Crippen LogP) is 3.13. The van der Waals surface area contributed by atoms with E-state index in [0.29, 0.717) is 16.5 Å². The van der Waals surface area contributed by atoms with Crippen molar-refractivity contribution in [3.8, 4) is 0 Å². The van der Waals surface area contributed by atoms with Gasteiger partial charge in [-0.2, -0.15) is 4.31 Å². The maximum absolute atomic E-state index is 13.4. The van der Waals surface area contributed by atoms with Crippen molar-refractivity contribution in [3.05, 3.63) is 66.0 Å². The number of aryl methyl sites for hydroxylation is 1. The number of benzene rings is 2. The molecule has 0 radical (unpaired) electrons. The lowest BCUT2D eigenvalue weighted by atomic mass is 10.1. The van der Waals surface area contributed by atoms with Crippen molar-refractivity contribution in [2.75, 3.05) is 32.1 Å². The van der Waals surface area contributed by atoms with Gasteiger partial charge in [-0.15, -0.1) is 0 Å². The second kappa shape index (κ2) is 9.34. The Morgan fingerprint density at radius 1 is 1.13 bits per heavy atom. The number of carbonyl (C=O) groups is 1. The molecule has 0 saturated heterocycles. The monoisotopic (exact) mass is 427 g/mol. The van der Waals surface area contributed by atoms with E-state index in [1.165, 1.54) is 7.11 Å². The van der Waals surface area contributed by atoms with Gasteiger partial charge in [0.25, 0.3) is 0 Å². The van der Waals surface area contributed by atoms with Crippen LogP contribution in [-0.4, -0.2) is 50.4 Å². The number of hydrogen-bond acceptors (Lipinski definition) is 5. The molecule has 1 aromatic heterocycles. The molecule has 0 bridgehead atoms. The number of methoxy groups -OCH3 is 1. The average molecular weight is 428 g/mol. The van der Waals surface area contributed by atoms with Crippen molar-refractivity contribution < 1.29 is 17.9 Å². The van der Waals surface area contributed by atoms with Crippen molar-refractivity contribution in [2.45, 2.75) is 18.7 Å². The van der Waals surface area contributed by atoms with Gasteiger partial charge in [0.2, 0.25) is 15.9 Å². The number of aromatic nitrogens is 1. The van der Waals surface area contributed by atoms with Crippen molar-refractivity contribution in [1.82, 2.24) is 9.29 Å². The predicted molar refractivity (Wildman–Crippen MR) is 117 cm³/mol. The van der Waals surface area contributed by atoms with Crippen LogP contribution in [0.1, 0.15) is 11.1 Å². The lowest BCUT2D eigenvalue weighted by Gasteiger charge is -2.22. The molecule has 3 aromatic rings. The molecule has 0 atom stereocenters. The molecule has 0 aliphatic heterocycles. The van der Waals surface area contributed by atoms with Gasteiger partial charge >= 0.3 is 0 Å². The lowest BCUT2D eigenvalue weighted by Crippen LogP contribution is -2.40. The number of nitrogens with one attached hydrogen (secondary N) is 1. The SMILES string of the molecule is COCCN(CC(=O)Nc1cccc(C)c1C)S(=O)(=O)c1cccc2cnccc12. The molecule has 0 aliphatic rings. The van der Waals surface area contributed by atoms with Crippen LogP contribution in [0, 0.1) is 13.8 Å². The highest BCUT2D eigenvalue weighted by Crippen LogP contribution is 2.25.